The van der Waals surface area contributed by atoms with Crippen molar-refractivity contribution in [1.82, 2.24) is 15.0 Å². The van der Waals surface area contributed by atoms with Gasteiger partial charge in [0.15, 0.2) is 0 Å². The second-order valence-corrected chi connectivity index (χ2v) is 8.69. The molecule has 0 saturated heterocycles. The maximum Gasteiger partial charge on any atom is 0.303 e. The quantitative estimate of drug-likeness (QED) is 0.568. The Morgan fingerprint density at radius 3 is 2.76 bits per heavy atom. The van der Waals surface area contributed by atoms with Crippen LogP contribution in [-0.2, 0) is 4.79 Å². The molecule has 0 atom stereocenters. The molecule has 2 N–H and O–H groups in total. The fourth-order valence-corrected chi connectivity index (χ4v) is 4.89. The summed E-state index contributed by atoms with van der Waals surface area (Å²) < 4.78 is 0. The molecule has 29 heavy (non-hydrogen) atoms. The third-order valence-corrected chi connectivity index (χ3v) is 6.54. The average molecular weight is 409 g/mol. The van der Waals surface area contributed by atoms with Crippen molar-refractivity contribution < 1.29 is 9.90 Å². The van der Waals surface area contributed by atoms with Crippen LogP contribution in [0.2, 0.25) is 0 Å². The molecular formula is C22H24N4O2S. The van der Waals surface area contributed by atoms with E-state index in [0.717, 1.165) is 58.5 Å². The van der Waals surface area contributed by atoms with Crippen LogP contribution in [-0.4, -0.2) is 26.0 Å². The van der Waals surface area contributed by atoms with Crippen LogP contribution < -0.4 is 5.32 Å². The minimum absolute atomic E-state index is 0.287. The van der Waals surface area contributed by atoms with Gasteiger partial charge in [-0.05, 0) is 68.4 Å². The van der Waals surface area contributed by atoms with Gasteiger partial charge in [-0.25, -0.2) is 15.0 Å². The van der Waals surface area contributed by atoms with Gasteiger partial charge in [0.1, 0.15) is 11.6 Å². The highest BCUT2D eigenvalue weighted by molar-refractivity contribution is 7.15. The molecule has 1 saturated carbocycles. The number of aromatic nitrogens is 3. The number of carboxylic acid groups (broad SMARTS) is 1. The van der Waals surface area contributed by atoms with E-state index in [1.54, 1.807) is 17.5 Å². The molecule has 1 aliphatic carbocycles. The number of carboxylic acids is 1. The number of rotatable bonds is 6. The zero-order chi connectivity index (χ0) is 20.2. The van der Waals surface area contributed by atoms with Crippen molar-refractivity contribution in [3.05, 3.63) is 53.3 Å². The predicted octanol–water partition coefficient (Wildman–Crippen LogP) is 5.40. The summed E-state index contributed by atoms with van der Waals surface area (Å²) in [5.74, 6) is 1.58. The van der Waals surface area contributed by atoms with E-state index in [-0.39, 0.29) is 6.42 Å². The summed E-state index contributed by atoms with van der Waals surface area (Å²) in [5.41, 5.74) is 2.04. The predicted molar refractivity (Wildman–Crippen MR) is 115 cm³/mol. The summed E-state index contributed by atoms with van der Waals surface area (Å²) in [6, 6.07) is 9.86. The fraction of sp³-hybridized carbons (Fsp3) is 0.364. The van der Waals surface area contributed by atoms with Crippen molar-refractivity contribution in [3.63, 3.8) is 0 Å². The summed E-state index contributed by atoms with van der Waals surface area (Å²) in [5, 5.41) is 13.4. The van der Waals surface area contributed by atoms with Crippen molar-refractivity contribution >= 4 is 28.9 Å². The van der Waals surface area contributed by atoms with Crippen molar-refractivity contribution in [2.24, 2.45) is 5.92 Å². The number of thiazole rings is 1. The lowest BCUT2D eigenvalue weighted by Crippen LogP contribution is -2.16. The number of hydrogen-bond acceptors (Lipinski definition) is 6. The van der Waals surface area contributed by atoms with Gasteiger partial charge in [-0.1, -0.05) is 6.07 Å². The molecule has 3 aromatic rings. The molecule has 0 unspecified atom stereocenters. The normalized spacial score (nSPS) is 19.1. The van der Waals surface area contributed by atoms with Crippen LogP contribution in [0.4, 0.5) is 11.6 Å². The lowest BCUT2D eigenvalue weighted by atomic mass is 9.81. The molecule has 0 radical (unpaired) electrons. The molecule has 1 fully saturated rings. The molecule has 0 bridgehead atoms. The van der Waals surface area contributed by atoms with E-state index in [1.807, 2.05) is 43.5 Å². The van der Waals surface area contributed by atoms with E-state index < -0.39 is 5.97 Å². The summed E-state index contributed by atoms with van der Waals surface area (Å²) in [7, 11) is 0. The number of pyridine rings is 2. The van der Waals surface area contributed by atoms with Crippen molar-refractivity contribution in [2.45, 2.75) is 44.9 Å². The van der Waals surface area contributed by atoms with Gasteiger partial charge in [-0.2, -0.15) is 0 Å². The van der Waals surface area contributed by atoms with Gasteiger partial charge in [-0.3, -0.25) is 4.79 Å². The highest BCUT2D eigenvalue weighted by atomic mass is 32.1. The largest absolute Gasteiger partial charge is 0.481 e. The van der Waals surface area contributed by atoms with Gasteiger partial charge in [0.05, 0.1) is 15.6 Å². The Bertz CT molecular complexity index is 996. The van der Waals surface area contributed by atoms with Crippen LogP contribution in [0.25, 0.3) is 10.6 Å². The Labute approximate surface area is 174 Å². The van der Waals surface area contributed by atoms with Gasteiger partial charge in [0.2, 0.25) is 0 Å². The maximum absolute atomic E-state index is 10.9. The monoisotopic (exact) mass is 408 g/mol. The minimum Gasteiger partial charge on any atom is -0.481 e. The van der Waals surface area contributed by atoms with E-state index in [1.165, 1.54) is 0 Å². The van der Waals surface area contributed by atoms with Crippen molar-refractivity contribution in [3.8, 4) is 10.6 Å². The molecule has 3 heterocycles. The number of nitrogens with zero attached hydrogens (tertiary/aromatic N) is 3. The minimum atomic E-state index is -0.689. The van der Waals surface area contributed by atoms with Gasteiger partial charge in [0, 0.05) is 24.7 Å². The molecular weight excluding hydrogens is 384 g/mol. The number of aryl methyl sites for hydroxylation is 1. The molecule has 0 aromatic carbocycles. The molecule has 0 spiro atoms. The Morgan fingerprint density at radius 1 is 1.17 bits per heavy atom. The molecule has 150 valence electrons. The number of aliphatic carboxylic acids is 1. The van der Waals surface area contributed by atoms with Gasteiger partial charge in [-0.15, -0.1) is 11.3 Å². The first-order valence-corrected chi connectivity index (χ1v) is 10.7. The Kier molecular flexibility index (Phi) is 5.85. The van der Waals surface area contributed by atoms with E-state index >= 15 is 0 Å². The SMILES string of the molecule is Cc1ccnc(Nc2cccc(-c3cnc(C4CCC(CC(=O)O)CC4)s3)n2)c1. The fourth-order valence-electron chi connectivity index (χ4n) is 3.83. The van der Waals surface area contributed by atoms with Crippen molar-refractivity contribution in [2.75, 3.05) is 5.32 Å². The van der Waals surface area contributed by atoms with Crippen LogP contribution in [0.5, 0.6) is 0 Å². The van der Waals surface area contributed by atoms with E-state index in [9.17, 15) is 4.79 Å². The molecule has 0 amide bonds. The van der Waals surface area contributed by atoms with Crippen molar-refractivity contribution in [1.29, 1.82) is 0 Å². The molecule has 3 aromatic heterocycles. The second-order valence-electron chi connectivity index (χ2n) is 7.63. The molecule has 0 aliphatic heterocycles. The number of anilines is 2. The molecule has 6 nitrogen and oxygen atoms in total. The highest BCUT2D eigenvalue weighted by Gasteiger charge is 2.26. The number of carbonyl (C=O) groups is 1. The first kappa shape index (κ1) is 19.5. The van der Waals surface area contributed by atoms with Crippen LogP contribution in [0.1, 0.15) is 48.6 Å². The standard InChI is InChI=1S/C22H24N4O2S/c1-14-9-10-23-20(11-14)26-19-4-2-3-17(25-19)18-13-24-22(29-18)16-7-5-15(6-8-16)12-21(27)28/h2-4,9-11,13,15-16H,5-8,12H2,1H3,(H,27,28)(H,23,25,26). The average Bonchev–Trinajstić information content (AvgIpc) is 3.19. The van der Waals surface area contributed by atoms with Gasteiger partial charge in [0.25, 0.3) is 0 Å². The smallest absolute Gasteiger partial charge is 0.303 e. The van der Waals surface area contributed by atoms with Crippen LogP contribution in [0, 0.1) is 12.8 Å². The summed E-state index contributed by atoms with van der Waals surface area (Å²) in [6.45, 7) is 2.03. The summed E-state index contributed by atoms with van der Waals surface area (Å²) in [6.07, 6.45) is 7.93. The zero-order valence-electron chi connectivity index (χ0n) is 16.3. The van der Waals surface area contributed by atoms with Gasteiger partial charge < -0.3 is 10.4 Å². The Morgan fingerprint density at radius 2 is 2.00 bits per heavy atom. The van der Waals surface area contributed by atoms with E-state index in [0.29, 0.717) is 11.8 Å². The van der Waals surface area contributed by atoms with Gasteiger partial charge >= 0.3 is 5.97 Å². The van der Waals surface area contributed by atoms with E-state index in [2.05, 4.69) is 15.3 Å². The maximum atomic E-state index is 10.9. The lowest BCUT2D eigenvalue weighted by molar-refractivity contribution is -0.138. The zero-order valence-corrected chi connectivity index (χ0v) is 17.2. The highest BCUT2D eigenvalue weighted by Crippen LogP contribution is 2.40. The molecule has 4 rings (SSSR count). The molecule has 7 heteroatoms. The first-order valence-electron chi connectivity index (χ1n) is 9.91. The number of hydrogen-bond donors (Lipinski definition) is 2. The first-order chi connectivity index (χ1) is 14.1. The summed E-state index contributed by atoms with van der Waals surface area (Å²) >= 11 is 1.69. The lowest BCUT2D eigenvalue weighted by Gasteiger charge is -2.26. The second kappa shape index (κ2) is 8.69. The van der Waals surface area contributed by atoms with Crippen LogP contribution >= 0.6 is 11.3 Å². The summed E-state index contributed by atoms with van der Waals surface area (Å²) in [4.78, 5) is 25.7. The van der Waals surface area contributed by atoms with E-state index in [4.69, 9.17) is 10.1 Å². The van der Waals surface area contributed by atoms with Crippen LogP contribution in [0.3, 0.4) is 0 Å². The Hall–Kier alpha value is -2.80. The van der Waals surface area contributed by atoms with Crippen LogP contribution in [0.15, 0.2) is 42.7 Å². The third kappa shape index (κ3) is 4.98. The molecule has 1 aliphatic rings. The third-order valence-electron chi connectivity index (χ3n) is 5.36. The topological polar surface area (TPSA) is 88.0 Å². The Balaban J connectivity index is 1.44. The number of nitrogens with one attached hydrogen (secondary N) is 1.